The lowest BCUT2D eigenvalue weighted by atomic mass is 10.1. The van der Waals surface area contributed by atoms with Crippen molar-refractivity contribution in [2.75, 3.05) is 18.0 Å². The third kappa shape index (κ3) is 3.07. The number of aromatic amines is 2. The van der Waals surface area contributed by atoms with Crippen molar-refractivity contribution >= 4 is 27.8 Å². The van der Waals surface area contributed by atoms with Crippen LogP contribution in [0, 0.1) is 0 Å². The molecule has 6 rings (SSSR count). The summed E-state index contributed by atoms with van der Waals surface area (Å²) in [7, 11) is 0. The maximum Gasteiger partial charge on any atom is 0.181 e. The summed E-state index contributed by atoms with van der Waals surface area (Å²) in [6.07, 6.45) is 10.5. The van der Waals surface area contributed by atoms with E-state index < -0.39 is 0 Å². The van der Waals surface area contributed by atoms with Crippen LogP contribution in [0.25, 0.3) is 44.6 Å². The SMILES string of the molecule is Oc1cncc(-c2cnc3n[nH]c(-c4cc5c(N6CCCCC6)ccnc5[nH]4)c3c2)c1. The number of piperidine rings is 1. The fourth-order valence-electron chi connectivity index (χ4n) is 4.41. The summed E-state index contributed by atoms with van der Waals surface area (Å²) >= 11 is 0. The first-order valence-corrected chi connectivity index (χ1v) is 10.5. The van der Waals surface area contributed by atoms with E-state index in [1.807, 2.05) is 12.3 Å². The molecule has 0 amide bonds. The summed E-state index contributed by atoms with van der Waals surface area (Å²) in [5.41, 5.74) is 6.16. The van der Waals surface area contributed by atoms with Gasteiger partial charge in [-0.15, -0.1) is 0 Å². The monoisotopic (exact) mass is 411 g/mol. The van der Waals surface area contributed by atoms with Crippen LogP contribution in [0.15, 0.2) is 49.1 Å². The lowest BCUT2D eigenvalue weighted by Gasteiger charge is -2.29. The molecule has 1 aliphatic heterocycles. The number of anilines is 1. The van der Waals surface area contributed by atoms with Crippen LogP contribution in [0.3, 0.4) is 0 Å². The predicted molar refractivity (Wildman–Crippen MR) is 120 cm³/mol. The molecule has 0 unspecified atom stereocenters. The smallest absolute Gasteiger partial charge is 0.181 e. The number of pyridine rings is 3. The zero-order valence-corrected chi connectivity index (χ0v) is 16.8. The van der Waals surface area contributed by atoms with E-state index in [0.29, 0.717) is 5.65 Å². The number of nitrogens with one attached hydrogen (secondary N) is 2. The molecule has 31 heavy (non-hydrogen) atoms. The van der Waals surface area contributed by atoms with Crippen LogP contribution in [0.4, 0.5) is 5.69 Å². The van der Waals surface area contributed by atoms with Gasteiger partial charge in [-0.2, -0.15) is 5.10 Å². The van der Waals surface area contributed by atoms with Crippen molar-refractivity contribution in [3.63, 3.8) is 0 Å². The lowest BCUT2D eigenvalue weighted by Crippen LogP contribution is -2.29. The van der Waals surface area contributed by atoms with Crippen LogP contribution in [-0.4, -0.2) is 48.3 Å². The Balaban J connectivity index is 1.46. The topological polar surface area (TPSA) is 107 Å². The minimum atomic E-state index is 0.122. The summed E-state index contributed by atoms with van der Waals surface area (Å²) in [5, 5.41) is 19.3. The number of nitrogens with zero attached hydrogens (tertiary/aromatic N) is 5. The number of H-pyrrole nitrogens is 2. The number of rotatable bonds is 3. The molecule has 0 bridgehead atoms. The van der Waals surface area contributed by atoms with Gasteiger partial charge in [-0.3, -0.25) is 10.1 Å². The van der Waals surface area contributed by atoms with Crippen molar-refractivity contribution < 1.29 is 5.11 Å². The van der Waals surface area contributed by atoms with Crippen LogP contribution in [0.1, 0.15) is 19.3 Å². The van der Waals surface area contributed by atoms with Crippen LogP contribution < -0.4 is 4.90 Å². The molecular formula is C23H21N7O. The Kier molecular flexibility index (Phi) is 4.09. The number of aromatic hydroxyl groups is 1. The molecule has 0 aromatic carbocycles. The first kappa shape index (κ1) is 17.9. The van der Waals surface area contributed by atoms with Gasteiger partial charge in [0.2, 0.25) is 0 Å². The standard InChI is InChI=1S/C23H21N7O/c31-16-8-14(11-24-13-16)15-9-18-21(28-29-23(18)26-12-15)19-10-17-20(4-5-25-22(17)27-19)30-6-2-1-3-7-30/h4-5,8-13,31H,1-3,6-7H2,(H,25,27)(H,26,28,29). The Morgan fingerprint density at radius 3 is 2.65 bits per heavy atom. The third-order valence-corrected chi connectivity index (χ3v) is 5.94. The average molecular weight is 411 g/mol. The van der Waals surface area contributed by atoms with Gasteiger partial charge in [0.05, 0.1) is 17.6 Å². The summed E-state index contributed by atoms with van der Waals surface area (Å²) in [4.78, 5) is 19.0. The highest BCUT2D eigenvalue weighted by Gasteiger charge is 2.18. The molecule has 0 saturated carbocycles. The highest BCUT2D eigenvalue weighted by atomic mass is 16.3. The van der Waals surface area contributed by atoms with Crippen molar-refractivity contribution in [2.24, 2.45) is 0 Å². The lowest BCUT2D eigenvalue weighted by molar-refractivity contribution is 0.473. The fourth-order valence-corrected chi connectivity index (χ4v) is 4.41. The van der Waals surface area contributed by atoms with E-state index in [1.54, 1.807) is 18.5 Å². The van der Waals surface area contributed by atoms with E-state index in [1.165, 1.54) is 31.1 Å². The first-order chi connectivity index (χ1) is 15.3. The number of fused-ring (bicyclic) bond motifs is 2. The van der Waals surface area contributed by atoms with E-state index in [9.17, 15) is 5.11 Å². The molecule has 5 aromatic rings. The molecule has 8 nitrogen and oxygen atoms in total. The molecular weight excluding hydrogens is 390 g/mol. The molecule has 0 atom stereocenters. The Hall–Kier alpha value is -3.94. The summed E-state index contributed by atoms with van der Waals surface area (Å²) in [6, 6.07) is 7.93. The van der Waals surface area contributed by atoms with Gasteiger partial charge >= 0.3 is 0 Å². The Morgan fingerprint density at radius 2 is 1.77 bits per heavy atom. The predicted octanol–water partition coefficient (Wildman–Crippen LogP) is 4.26. The summed E-state index contributed by atoms with van der Waals surface area (Å²) in [5.74, 6) is 0.122. The van der Waals surface area contributed by atoms with Crippen molar-refractivity contribution in [1.29, 1.82) is 0 Å². The molecule has 3 N–H and O–H groups in total. The van der Waals surface area contributed by atoms with Crippen LogP contribution >= 0.6 is 0 Å². The van der Waals surface area contributed by atoms with E-state index >= 15 is 0 Å². The first-order valence-electron chi connectivity index (χ1n) is 10.5. The molecule has 6 heterocycles. The molecule has 0 radical (unpaired) electrons. The van der Waals surface area contributed by atoms with Gasteiger partial charge in [0.1, 0.15) is 11.4 Å². The number of aromatic nitrogens is 6. The van der Waals surface area contributed by atoms with Gasteiger partial charge in [-0.1, -0.05) is 0 Å². The minimum Gasteiger partial charge on any atom is -0.506 e. The van der Waals surface area contributed by atoms with E-state index in [4.69, 9.17) is 0 Å². The Labute approximate surface area is 178 Å². The van der Waals surface area contributed by atoms with Crippen molar-refractivity contribution in [3.05, 3.63) is 49.1 Å². The van der Waals surface area contributed by atoms with Crippen molar-refractivity contribution in [1.82, 2.24) is 30.1 Å². The molecule has 5 aromatic heterocycles. The second kappa shape index (κ2) is 7.09. The Morgan fingerprint density at radius 1 is 0.903 bits per heavy atom. The van der Waals surface area contributed by atoms with Crippen LogP contribution in [-0.2, 0) is 0 Å². The van der Waals surface area contributed by atoms with E-state index in [-0.39, 0.29) is 5.75 Å². The Bertz CT molecular complexity index is 1400. The minimum absolute atomic E-state index is 0.122. The summed E-state index contributed by atoms with van der Waals surface area (Å²) in [6.45, 7) is 2.16. The maximum atomic E-state index is 9.78. The van der Waals surface area contributed by atoms with E-state index in [2.05, 4.69) is 47.2 Å². The number of hydrogen-bond donors (Lipinski definition) is 3. The molecule has 0 aliphatic carbocycles. The van der Waals surface area contributed by atoms with Gasteiger partial charge in [-0.05, 0) is 43.5 Å². The highest BCUT2D eigenvalue weighted by Crippen LogP contribution is 2.34. The molecule has 1 saturated heterocycles. The normalized spacial score (nSPS) is 14.5. The zero-order chi connectivity index (χ0) is 20.8. The van der Waals surface area contributed by atoms with Gasteiger partial charge in [0.25, 0.3) is 0 Å². The molecule has 1 aliphatic rings. The quantitative estimate of drug-likeness (QED) is 0.410. The molecule has 8 heteroatoms. The molecule has 1 fully saturated rings. The van der Waals surface area contributed by atoms with Gasteiger partial charge in [0, 0.05) is 59.3 Å². The maximum absolute atomic E-state index is 9.78. The zero-order valence-electron chi connectivity index (χ0n) is 16.8. The van der Waals surface area contributed by atoms with Gasteiger partial charge in [-0.25, -0.2) is 9.97 Å². The highest BCUT2D eigenvalue weighted by molar-refractivity contribution is 5.98. The van der Waals surface area contributed by atoms with E-state index in [0.717, 1.165) is 52.0 Å². The second-order valence-corrected chi connectivity index (χ2v) is 7.95. The average Bonchev–Trinajstić information content (AvgIpc) is 3.43. The van der Waals surface area contributed by atoms with Crippen LogP contribution in [0.2, 0.25) is 0 Å². The van der Waals surface area contributed by atoms with Crippen LogP contribution in [0.5, 0.6) is 5.75 Å². The number of hydrogen-bond acceptors (Lipinski definition) is 6. The fraction of sp³-hybridized carbons (Fsp3) is 0.217. The molecule has 0 spiro atoms. The van der Waals surface area contributed by atoms with Gasteiger partial charge in [0.15, 0.2) is 5.65 Å². The van der Waals surface area contributed by atoms with Crippen molar-refractivity contribution in [3.8, 4) is 28.3 Å². The summed E-state index contributed by atoms with van der Waals surface area (Å²) < 4.78 is 0. The second-order valence-electron chi connectivity index (χ2n) is 7.95. The van der Waals surface area contributed by atoms with Crippen molar-refractivity contribution in [2.45, 2.75) is 19.3 Å². The third-order valence-electron chi connectivity index (χ3n) is 5.94. The largest absolute Gasteiger partial charge is 0.506 e. The molecule has 154 valence electrons. The van der Waals surface area contributed by atoms with Gasteiger partial charge < -0.3 is 15.0 Å².